The van der Waals surface area contributed by atoms with Crippen molar-refractivity contribution in [1.82, 2.24) is 5.32 Å². The Morgan fingerprint density at radius 2 is 1.88 bits per heavy atom. The summed E-state index contributed by atoms with van der Waals surface area (Å²) in [4.78, 5) is 0. The number of rotatable bonds is 10. The Bertz CT molecular complexity index is 250. The molecule has 0 radical (unpaired) electrons. The fourth-order valence-electron chi connectivity index (χ4n) is 1.23. The van der Waals surface area contributed by atoms with Crippen LogP contribution in [-0.2, 0) is 14.6 Å². The third-order valence-electron chi connectivity index (χ3n) is 2.30. The highest BCUT2D eigenvalue weighted by molar-refractivity contribution is 7.91. The second kappa shape index (κ2) is 8.96. The zero-order valence-electron chi connectivity index (χ0n) is 10.7. The molecule has 0 aromatic rings. The molecule has 5 heteroatoms. The lowest BCUT2D eigenvalue weighted by Crippen LogP contribution is -2.23. The van der Waals surface area contributed by atoms with E-state index >= 15 is 0 Å². The monoisotopic (exact) mass is 251 g/mol. The number of hydrogen-bond acceptors (Lipinski definition) is 4. The molecule has 4 nitrogen and oxygen atoms in total. The first kappa shape index (κ1) is 15.9. The van der Waals surface area contributed by atoms with Crippen LogP contribution in [0.25, 0.3) is 0 Å². The lowest BCUT2D eigenvalue weighted by Gasteiger charge is -2.07. The van der Waals surface area contributed by atoms with Crippen LogP contribution in [0, 0.1) is 5.92 Å². The van der Waals surface area contributed by atoms with E-state index in [1.807, 2.05) is 13.8 Å². The summed E-state index contributed by atoms with van der Waals surface area (Å²) in [5, 5.41) is 3.13. The van der Waals surface area contributed by atoms with Gasteiger partial charge >= 0.3 is 0 Å². The highest BCUT2D eigenvalue weighted by atomic mass is 32.2. The zero-order valence-corrected chi connectivity index (χ0v) is 11.5. The molecule has 0 aromatic carbocycles. The maximum Gasteiger partial charge on any atom is 0.150 e. The summed E-state index contributed by atoms with van der Waals surface area (Å²) in [6, 6.07) is 0. The largest absolute Gasteiger partial charge is 0.383 e. The SMILES string of the molecule is COCCNCCCS(=O)(=O)CCC(C)C. The van der Waals surface area contributed by atoms with E-state index in [0.29, 0.717) is 30.5 Å². The molecule has 0 fully saturated rings. The summed E-state index contributed by atoms with van der Waals surface area (Å²) in [5.74, 6) is 1.07. The van der Waals surface area contributed by atoms with Crippen molar-refractivity contribution in [1.29, 1.82) is 0 Å². The second-order valence-electron chi connectivity index (χ2n) is 4.43. The molecule has 0 unspecified atom stereocenters. The summed E-state index contributed by atoms with van der Waals surface area (Å²) in [7, 11) is -1.19. The Morgan fingerprint density at radius 1 is 1.19 bits per heavy atom. The van der Waals surface area contributed by atoms with Gasteiger partial charge in [0.25, 0.3) is 0 Å². The van der Waals surface area contributed by atoms with Crippen molar-refractivity contribution in [3.05, 3.63) is 0 Å². The topological polar surface area (TPSA) is 55.4 Å². The molecule has 98 valence electrons. The lowest BCUT2D eigenvalue weighted by atomic mass is 10.2. The molecule has 0 aliphatic rings. The molecule has 0 aliphatic heterocycles. The number of ether oxygens (including phenoxy) is 1. The first-order chi connectivity index (χ1) is 7.48. The van der Waals surface area contributed by atoms with Gasteiger partial charge in [-0.3, -0.25) is 0 Å². The summed E-state index contributed by atoms with van der Waals surface area (Å²) in [5.41, 5.74) is 0. The predicted octanol–water partition coefficient (Wildman–Crippen LogP) is 1.07. The van der Waals surface area contributed by atoms with Crippen molar-refractivity contribution < 1.29 is 13.2 Å². The summed E-state index contributed by atoms with van der Waals surface area (Å²) in [6.07, 6.45) is 1.45. The van der Waals surface area contributed by atoms with E-state index in [0.717, 1.165) is 19.5 Å². The summed E-state index contributed by atoms with van der Waals surface area (Å²) >= 11 is 0. The Hall–Kier alpha value is -0.130. The van der Waals surface area contributed by atoms with Crippen LogP contribution in [0.15, 0.2) is 0 Å². The maximum atomic E-state index is 11.6. The van der Waals surface area contributed by atoms with Gasteiger partial charge in [0.05, 0.1) is 18.1 Å². The van der Waals surface area contributed by atoms with Crippen LogP contribution in [0.1, 0.15) is 26.7 Å². The van der Waals surface area contributed by atoms with Gasteiger partial charge in [0.1, 0.15) is 9.84 Å². The molecule has 0 aliphatic carbocycles. The quantitative estimate of drug-likeness (QED) is 0.590. The van der Waals surface area contributed by atoms with Crippen LogP contribution >= 0.6 is 0 Å². The number of sulfone groups is 1. The minimum absolute atomic E-state index is 0.291. The van der Waals surface area contributed by atoms with Crippen molar-refractivity contribution in [2.45, 2.75) is 26.7 Å². The van der Waals surface area contributed by atoms with E-state index in [1.54, 1.807) is 7.11 Å². The average molecular weight is 251 g/mol. The molecule has 0 saturated carbocycles. The van der Waals surface area contributed by atoms with Crippen LogP contribution in [-0.4, -0.2) is 46.7 Å². The van der Waals surface area contributed by atoms with Crippen molar-refractivity contribution in [3.8, 4) is 0 Å². The number of nitrogens with one attached hydrogen (secondary N) is 1. The molecule has 1 N–H and O–H groups in total. The first-order valence-electron chi connectivity index (χ1n) is 5.88. The minimum Gasteiger partial charge on any atom is -0.383 e. The molecule has 0 bridgehead atoms. The van der Waals surface area contributed by atoms with Crippen LogP contribution < -0.4 is 5.32 Å². The molecule has 0 atom stereocenters. The zero-order chi connectivity index (χ0) is 12.4. The number of hydrogen-bond donors (Lipinski definition) is 1. The Morgan fingerprint density at radius 3 is 2.44 bits per heavy atom. The molecular formula is C11H25NO3S. The lowest BCUT2D eigenvalue weighted by molar-refractivity contribution is 0.199. The van der Waals surface area contributed by atoms with Crippen LogP contribution in [0.3, 0.4) is 0 Å². The van der Waals surface area contributed by atoms with Gasteiger partial charge in [-0.1, -0.05) is 13.8 Å². The van der Waals surface area contributed by atoms with Crippen molar-refractivity contribution in [3.63, 3.8) is 0 Å². The highest BCUT2D eigenvalue weighted by Gasteiger charge is 2.10. The highest BCUT2D eigenvalue weighted by Crippen LogP contribution is 2.04. The average Bonchev–Trinajstić information content (AvgIpc) is 2.21. The predicted molar refractivity (Wildman–Crippen MR) is 67.5 cm³/mol. The molecule has 0 saturated heterocycles. The normalized spacial score (nSPS) is 12.2. The molecule has 0 heterocycles. The number of methoxy groups -OCH3 is 1. The fourth-order valence-corrected chi connectivity index (χ4v) is 2.85. The Kier molecular flexibility index (Phi) is 8.89. The summed E-state index contributed by atoms with van der Waals surface area (Å²) in [6.45, 7) is 6.27. The van der Waals surface area contributed by atoms with E-state index in [2.05, 4.69) is 5.32 Å². The van der Waals surface area contributed by atoms with E-state index in [-0.39, 0.29) is 0 Å². The Labute approximate surface area is 99.7 Å². The van der Waals surface area contributed by atoms with Gasteiger partial charge < -0.3 is 10.1 Å². The smallest absolute Gasteiger partial charge is 0.150 e. The van der Waals surface area contributed by atoms with Gasteiger partial charge in [-0.05, 0) is 25.3 Å². The van der Waals surface area contributed by atoms with Gasteiger partial charge in [0.2, 0.25) is 0 Å². The van der Waals surface area contributed by atoms with E-state index in [9.17, 15) is 8.42 Å². The van der Waals surface area contributed by atoms with E-state index < -0.39 is 9.84 Å². The van der Waals surface area contributed by atoms with E-state index in [1.165, 1.54) is 0 Å². The molecule has 0 spiro atoms. The van der Waals surface area contributed by atoms with Crippen molar-refractivity contribution >= 4 is 9.84 Å². The van der Waals surface area contributed by atoms with Crippen LogP contribution in [0.2, 0.25) is 0 Å². The molecule has 0 rings (SSSR count). The van der Waals surface area contributed by atoms with Gasteiger partial charge in [-0.15, -0.1) is 0 Å². The Balaban J connectivity index is 3.51. The fraction of sp³-hybridized carbons (Fsp3) is 1.00. The minimum atomic E-state index is -2.84. The maximum absolute atomic E-state index is 11.6. The van der Waals surface area contributed by atoms with Crippen molar-refractivity contribution in [2.24, 2.45) is 5.92 Å². The van der Waals surface area contributed by atoms with Crippen molar-refractivity contribution in [2.75, 3.05) is 38.3 Å². The standard InChI is InChI=1S/C11H25NO3S/c1-11(2)5-10-16(13,14)9-4-6-12-7-8-15-3/h11-12H,4-10H2,1-3H3. The molecule has 16 heavy (non-hydrogen) atoms. The second-order valence-corrected chi connectivity index (χ2v) is 6.73. The van der Waals surface area contributed by atoms with Crippen LogP contribution in [0.5, 0.6) is 0 Å². The molecular weight excluding hydrogens is 226 g/mol. The van der Waals surface area contributed by atoms with Gasteiger partial charge in [-0.25, -0.2) is 8.42 Å². The molecule has 0 aromatic heterocycles. The van der Waals surface area contributed by atoms with Gasteiger partial charge in [0, 0.05) is 13.7 Å². The third kappa shape index (κ3) is 10.4. The van der Waals surface area contributed by atoms with Crippen LogP contribution in [0.4, 0.5) is 0 Å². The summed E-state index contributed by atoms with van der Waals surface area (Å²) < 4.78 is 28.0. The molecule has 0 amide bonds. The third-order valence-corrected chi connectivity index (χ3v) is 4.07. The first-order valence-corrected chi connectivity index (χ1v) is 7.70. The van der Waals surface area contributed by atoms with Gasteiger partial charge in [0.15, 0.2) is 0 Å². The van der Waals surface area contributed by atoms with E-state index in [4.69, 9.17) is 4.74 Å². The van der Waals surface area contributed by atoms with Gasteiger partial charge in [-0.2, -0.15) is 0 Å².